The van der Waals surface area contributed by atoms with Gasteiger partial charge >= 0.3 is 11.9 Å². The van der Waals surface area contributed by atoms with Gasteiger partial charge in [0.2, 0.25) is 5.91 Å². The number of carbonyl (C=O) groups excluding carboxylic acids is 3. The van der Waals surface area contributed by atoms with Gasteiger partial charge < -0.3 is 29.4 Å². The molecule has 0 saturated heterocycles. The maximum Gasteiger partial charge on any atom is 0.338 e. The summed E-state index contributed by atoms with van der Waals surface area (Å²) in [5.74, 6) is -0.795. The van der Waals surface area contributed by atoms with E-state index in [2.05, 4.69) is 18.5 Å². The molecule has 1 aliphatic rings. The third-order valence-electron chi connectivity index (χ3n) is 6.36. The lowest BCUT2D eigenvalue weighted by Gasteiger charge is -2.47. The van der Waals surface area contributed by atoms with Crippen molar-refractivity contribution in [2.24, 2.45) is 0 Å². The van der Waals surface area contributed by atoms with Gasteiger partial charge in [-0.2, -0.15) is 0 Å². The van der Waals surface area contributed by atoms with Crippen LogP contribution in [0.25, 0.3) is 6.08 Å². The molecule has 2 N–H and O–H groups in total. The first-order valence-electron chi connectivity index (χ1n) is 12.9. The van der Waals surface area contributed by atoms with E-state index in [1.807, 2.05) is 11.8 Å². The van der Waals surface area contributed by atoms with E-state index in [0.717, 1.165) is 6.42 Å². The van der Waals surface area contributed by atoms with Crippen LogP contribution in [0.15, 0.2) is 49.6 Å². The summed E-state index contributed by atoms with van der Waals surface area (Å²) in [4.78, 5) is 39.6. The lowest BCUT2D eigenvalue weighted by molar-refractivity contribution is -0.181. The average Bonchev–Trinajstić information content (AvgIpc) is 2.91. The Morgan fingerprint density at radius 2 is 1.85 bits per heavy atom. The Labute approximate surface area is 230 Å². The molecule has 1 aromatic carbocycles. The number of methoxy groups -OCH3 is 2. The van der Waals surface area contributed by atoms with Crippen LogP contribution in [0.5, 0.6) is 11.5 Å². The number of ether oxygens (including phenoxy) is 4. The fraction of sp³-hybridized carbons (Fsp3) is 0.483. The van der Waals surface area contributed by atoms with Crippen molar-refractivity contribution < 1.29 is 38.4 Å². The van der Waals surface area contributed by atoms with Crippen LogP contribution in [0.4, 0.5) is 0 Å². The highest BCUT2D eigenvalue weighted by molar-refractivity contribution is 5.87. The predicted octanol–water partition coefficient (Wildman–Crippen LogP) is 2.65. The summed E-state index contributed by atoms with van der Waals surface area (Å²) in [6.07, 6.45) is 5.62. The molecule has 1 fully saturated rings. The Balaban J connectivity index is 2.35. The maximum atomic E-state index is 12.9. The van der Waals surface area contributed by atoms with Crippen LogP contribution >= 0.6 is 0 Å². The first-order chi connectivity index (χ1) is 18.6. The number of nitrogens with zero attached hydrogens (tertiary/aromatic N) is 1. The Bertz CT molecular complexity index is 1050. The first kappa shape index (κ1) is 31.6. The predicted molar refractivity (Wildman–Crippen MR) is 147 cm³/mol. The van der Waals surface area contributed by atoms with Crippen LogP contribution in [-0.2, 0) is 23.9 Å². The van der Waals surface area contributed by atoms with Crippen molar-refractivity contribution in [1.29, 1.82) is 0 Å². The summed E-state index contributed by atoms with van der Waals surface area (Å²) < 4.78 is 21.7. The first-order valence-corrected chi connectivity index (χ1v) is 12.9. The number of nitrogens with one attached hydrogen (secondary N) is 1. The highest BCUT2D eigenvalue weighted by Gasteiger charge is 2.53. The molecule has 1 amide bonds. The van der Waals surface area contributed by atoms with Crippen LogP contribution in [0.2, 0.25) is 0 Å². The number of esters is 2. The van der Waals surface area contributed by atoms with Gasteiger partial charge in [0.05, 0.1) is 26.9 Å². The molecule has 214 valence electrons. The van der Waals surface area contributed by atoms with E-state index in [9.17, 15) is 19.5 Å². The molecule has 0 radical (unpaired) electrons. The van der Waals surface area contributed by atoms with Gasteiger partial charge in [0.15, 0.2) is 17.1 Å². The Morgan fingerprint density at radius 3 is 2.41 bits per heavy atom. The highest BCUT2D eigenvalue weighted by Crippen LogP contribution is 2.35. The second kappa shape index (κ2) is 15.1. The summed E-state index contributed by atoms with van der Waals surface area (Å²) in [7, 11) is 2.71. The summed E-state index contributed by atoms with van der Waals surface area (Å²) in [5, 5.41) is 14.1. The van der Waals surface area contributed by atoms with E-state index in [4.69, 9.17) is 18.9 Å². The van der Waals surface area contributed by atoms with Crippen LogP contribution in [0.3, 0.4) is 0 Å². The number of hydrogen-bond donors (Lipinski definition) is 2. The minimum absolute atomic E-state index is 0.0531. The molecule has 0 aliphatic heterocycles. The molecule has 1 aromatic rings. The highest BCUT2D eigenvalue weighted by atomic mass is 16.6. The van der Waals surface area contributed by atoms with Crippen molar-refractivity contribution in [1.82, 2.24) is 10.2 Å². The molecular weight excluding hydrogens is 504 g/mol. The van der Waals surface area contributed by atoms with Crippen LogP contribution in [-0.4, -0.2) is 85.6 Å². The lowest BCUT2D eigenvalue weighted by Crippen LogP contribution is -2.66. The molecule has 1 aliphatic carbocycles. The third kappa shape index (κ3) is 8.69. The van der Waals surface area contributed by atoms with E-state index < -0.39 is 35.7 Å². The Hall–Kier alpha value is -3.63. The van der Waals surface area contributed by atoms with Crippen molar-refractivity contribution in [2.45, 2.75) is 56.9 Å². The molecule has 0 heterocycles. The fourth-order valence-corrected chi connectivity index (χ4v) is 4.66. The molecule has 2 rings (SSSR count). The lowest BCUT2D eigenvalue weighted by atomic mass is 9.76. The molecule has 10 heteroatoms. The third-order valence-corrected chi connectivity index (χ3v) is 6.36. The number of rotatable bonds is 14. The van der Waals surface area contributed by atoms with Crippen LogP contribution < -0.4 is 14.8 Å². The molecule has 4 atom stereocenters. The molecule has 1 saturated carbocycles. The van der Waals surface area contributed by atoms with Crippen molar-refractivity contribution in [2.75, 3.05) is 33.9 Å². The molecule has 0 unspecified atom stereocenters. The normalized spacial score (nSPS) is 22.7. The van der Waals surface area contributed by atoms with Gasteiger partial charge in [-0.25, -0.2) is 9.59 Å². The van der Waals surface area contributed by atoms with Crippen molar-refractivity contribution in [3.63, 3.8) is 0 Å². The SMILES string of the molecule is C=CCN(CC=C)[C@@H]1C[C@@](O)(C(=O)OC)C[C@@H](OC(=O)/C=C/c2ccc(OCCC)c(OC)c2)[C@H]1NC(C)=O. The standard InChI is InChI=1S/C29H40N2O8/c1-7-14-31(15-8-2)22-18-29(35,28(34)37-6)19-25(27(22)30-20(4)32)39-26(33)13-11-21-10-12-23(38-16-9-3)24(17-21)36-5/h7-8,10-13,17,22,25,27,35H,1-2,9,14-16,18-19H2,3-6H3,(H,30,32)/b13-11+/t22-,25-,27+,29+/m1/s1. The minimum atomic E-state index is -1.94. The Kier molecular flexibility index (Phi) is 12.2. The summed E-state index contributed by atoms with van der Waals surface area (Å²) >= 11 is 0. The number of amides is 1. The second-order valence-corrected chi connectivity index (χ2v) is 9.32. The number of benzene rings is 1. The topological polar surface area (TPSA) is 124 Å². The Morgan fingerprint density at radius 1 is 1.15 bits per heavy atom. The molecule has 0 spiro atoms. The van der Waals surface area contributed by atoms with Crippen LogP contribution in [0.1, 0.15) is 38.7 Å². The smallest absolute Gasteiger partial charge is 0.338 e. The summed E-state index contributed by atoms with van der Waals surface area (Å²) in [6.45, 7) is 12.2. The molecule has 0 bridgehead atoms. The van der Waals surface area contributed by atoms with Crippen molar-refractivity contribution in [3.8, 4) is 11.5 Å². The second-order valence-electron chi connectivity index (χ2n) is 9.32. The zero-order valence-electron chi connectivity index (χ0n) is 23.2. The fourth-order valence-electron chi connectivity index (χ4n) is 4.66. The summed E-state index contributed by atoms with van der Waals surface area (Å²) in [5.41, 5.74) is -1.27. The van der Waals surface area contributed by atoms with Gasteiger partial charge in [-0.05, 0) is 30.2 Å². The van der Waals surface area contributed by atoms with E-state index in [-0.39, 0.29) is 18.7 Å². The zero-order valence-corrected chi connectivity index (χ0v) is 23.2. The quantitative estimate of drug-likeness (QED) is 0.207. The average molecular weight is 545 g/mol. The largest absolute Gasteiger partial charge is 0.493 e. The molecule has 39 heavy (non-hydrogen) atoms. The monoisotopic (exact) mass is 544 g/mol. The van der Waals surface area contributed by atoms with Gasteiger partial charge in [0, 0.05) is 45.0 Å². The van der Waals surface area contributed by atoms with E-state index in [0.29, 0.717) is 36.8 Å². The molecule has 10 nitrogen and oxygen atoms in total. The van der Waals surface area contributed by atoms with Crippen molar-refractivity contribution in [3.05, 3.63) is 55.1 Å². The van der Waals surface area contributed by atoms with Gasteiger partial charge in [0.25, 0.3) is 0 Å². The summed E-state index contributed by atoms with van der Waals surface area (Å²) in [6, 6.07) is 3.93. The zero-order chi connectivity index (χ0) is 29.0. The van der Waals surface area contributed by atoms with E-state index in [1.165, 1.54) is 27.2 Å². The minimum Gasteiger partial charge on any atom is -0.493 e. The maximum absolute atomic E-state index is 12.9. The number of hydrogen-bond acceptors (Lipinski definition) is 9. The van der Waals surface area contributed by atoms with E-state index >= 15 is 0 Å². The van der Waals surface area contributed by atoms with Gasteiger partial charge in [0.1, 0.15) is 6.10 Å². The van der Waals surface area contributed by atoms with Crippen LogP contribution in [0, 0.1) is 0 Å². The van der Waals surface area contributed by atoms with Crippen molar-refractivity contribution >= 4 is 23.9 Å². The number of carbonyl (C=O) groups is 3. The molecular formula is C29H40N2O8. The molecule has 0 aromatic heterocycles. The van der Waals surface area contributed by atoms with Gasteiger partial charge in [-0.15, -0.1) is 13.2 Å². The van der Waals surface area contributed by atoms with Gasteiger partial charge in [-0.1, -0.05) is 25.1 Å². The van der Waals surface area contributed by atoms with E-state index in [1.54, 1.807) is 36.4 Å². The number of aliphatic hydroxyl groups is 1. The van der Waals surface area contributed by atoms with Gasteiger partial charge in [-0.3, -0.25) is 9.69 Å².